The molecule has 0 aliphatic heterocycles. The summed E-state index contributed by atoms with van der Waals surface area (Å²) < 4.78 is 0. The first kappa shape index (κ1) is 16.4. The number of hydrogen-bond acceptors (Lipinski definition) is 3. The van der Waals surface area contributed by atoms with Crippen LogP contribution in [0.15, 0.2) is 16.8 Å². The van der Waals surface area contributed by atoms with E-state index in [1.807, 2.05) is 13.0 Å². The fourth-order valence-corrected chi connectivity index (χ4v) is 7.32. The number of rotatable bonds is 1. The predicted molar refractivity (Wildman–Crippen MR) is 95.1 cm³/mol. The molecule has 0 amide bonds. The van der Waals surface area contributed by atoms with Crippen molar-refractivity contribution < 1.29 is 10.0 Å². The van der Waals surface area contributed by atoms with Gasteiger partial charge in [0.05, 0.1) is 5.71 Å². The van der Waals surface area contributed by atoms with Crippen molar-refractivity contribution in [1.82, 2.24) is 0 Å². The Labute approximate surface area is 145 Å². The highest BCUT2D eigenvalue weighted by molar-refractivity contribution is 5.91. The Bertz CT molecular complexity index is 621. The standard InChI is InChI=1S/C21H31NO2/c1-13(22-24)17-6-7-18-16-5-4-14-12-15(23)8-10-20(14,2)19(16)9-11-21(17,18)3/h12,16-19,24H,4-11H2,1-3H3/b22-13+. The zero-order valence-electron chi connectivity index (χ0n) is 15.3. The minimum Gasteiger partial charge on any atom is -0.411 e. The van der Waals surface area contributed by atoms with E-state index in [0.717, 1.165) is 42.7 Å². The Kier molecular flexibility index (Phi) is 3.71. The lowest BCUT2D eigenvalue weighted by Crippen LogP contribution is -2.51. The number of carbonyl (C=O) groups excluding carboxylic acids is 1. The number of ketones is 1. The van der Waals surface area contributed by atoms with Crippen molar-refractivity contribution in [3.63, 3.8) is 0 Å². The second-order valence-electron chi connectivity index (χ2n) is 9.38. The van der Waals surface area contributed by atoms with Crippen molar-refractivity contribution in [3.8, 4) is 0 Å². The van der Waals surface area contributed by atoms with Gasteiger partial charge < -0.3 is 5.21 Å². The van der Waals surface area contributed by atoms with Gasteiger partial charge >= 0.3 is 0 Å². The third-order valence-corrected chi connectivity index (χ3v) is 8.62. The molecule has 0 heterocycles. The van der Waals surface area contributed by atoms with Crippen molar-refractivity contribution in [2.45, 2.75) is 72.1 Å². The fourth-order valence-electron chi connectivity index (χ4n) is 7.32. The molecule has 0 aromatic carbocycles. The van der Waals surface area contributed by atoms with Crippen LogP contribution in [-0.2, 0) is 4.79 Å². The molecular weight excluding hydrogens is 298 g/mol. The van der Waals surface area contributed by atoms with E-state index < -0.39 is 0 Å². The molecular formula is C21H31NO2. The van der Waals surface area contributed by atoms with Gasteiger partial charge in [-0.15, -0.1) is 0 Å². The van der Waals surface area contributed by atoms with E-state index in [9.17, 15) is 10.0 Å². The first-order chi connectivity index (χ1) is 11.4. The van der Waals surface area contributed by atoms with Crippen molar-refractivity contribution in [2.24, 2.45) is 39.7 Å². The molecule has 3 heteroatoms. The molecule has 0 saturated heterocycles. The quantitative estimate of drug-likeness (QED) is 0.419. The van der Waals surface area contributed by atoms with Crippen LogP contribution < -0.4 is 0 Å². The third kappa shape index (κ3) is 2.09. The molecule has 0 radical (unpaired) electrons. The van der Waals surface area contributed by atoms with Gasteiger partial charge in [0.1, 0.15) is 0 Å². The highest BCUT2D eigenvalue weighted by Gasteiger charge is 2.59. The maximum Gasteiger partial charge on any atom is 0.155 e. The Morgan fingerprint density at radius 2 is 1.92 bits per heavy atom. The topological polar surface area (TPSA) is 49.7 Å². The van der Waals surface area contributed by atoms with E-state index >= 15 is 0 Å². The molecule has 1 N–H and O–H groups in total. The molecule has 0 aromatic rings. The second kappa shape index (κ2) is 5.44. The highest BCUT2D eigenvalue weighted by Crippen LogP contribution is 2.66. The maximum atomic E-state index is 11.9. The van der Waals surface area contributed by atoms with E-state index in [0.29, 0.717) is 17.1 Å². The van der Waals surface area contributed by atoms with Crippen molar-refractivity contribution in [2.75, 3.05) is 0 Å². The van der Waals surface area contributed by atoms with Crippen molar-refractivity contribution in [3.05, 3.63) is 11.6 Å². The maximum absolute atomic E-state index is 11.9. The third-order valence-electron chi connectivity index (χ3n) is 8.62. The van der Waals surface area contributed by atoms with Gasteiger partial charge in [0.25, 0.3) is 0 Å². The number of fused-ring (bicyclic) bond motifs is 5. The summed E-state index contributed by atoms with van der Waals surface area (Å²) in [6.07, 6.45) is 11.1. The lowest BCUT2D eigenvalue weighted by molar-refractivity contribution is -0.117. The monoisotopic (exact) mass is 329 g/mol. The highest BCUT2D eigenvalue weighted by atomic mass is 16.4. The second-order valence-corrected chi connectivity index (χ2v) is 9.38. The first-order valence-corrected chi connectivity index (χ1v) is 9.82. The molecule has 0 aromatic heterocycles. The number of nitrogens with zero attached hydrogens (tertiary/aromatic N) is 1. The molecule has 3 nitrogen and oxygen atoms in total. The van der Waals surface area contributed by atoms with Gasteiger partial charge in [-0.1, -0.05) is 24.6 Å². The molecule has 3 saturated carbocycles. The lowest BCUT2D eigenvalue weighted by atomic mass is 9.46. The first-order valence-electron chi connectivity index (χ1n) is 9.82. The van der Waals surface area contributed by atoms with Gasteiger partial charge in [-0.05, 0) is 86.5 Å². The molecule has 4 aliphatic carbocycles. The summed E-state index contributed by atoms with van der Waals surface area (Å²) >= 11 is 0. The number of oxime groups is 1. The Morgan fingerprint density at radius 3 is 2.67 bits per heavy atom. The van der Waals surface area contributed by atoms with Crippen LogP contribution >= 0.6 is 0 Å². The minimum atomic E-state index is 0.260. The molecule has 4 aliphatic rings. The fraction of sp³-hybridized carbons (Fsp3) is 0.810. The summed E-state index contributed by atoms with van der Waals surface area (Å²) in [5, 5.41) is 12.9. The van der Waals surface area contributed by atoms with E-state index in [1.165, 1.54) is 37.7 Å². The van der Waals surface area contributed by atoms with Crippen LogP contribution in [0, 0.1) is 34.5 Å². The van der Waals surface area contributed by atoms with Crippen LogP contribution in [0.2, 0.25) is 0 Å². The van der Waals surface area contributed by atoms with Crippen LogP contribution in [0.25, 0.3) is 0 Å². The van der Waals surface area contributed by atoms with Crippen molar-refractivity contribution in [1.29, 1.82) is 0 Å². The number of allylic oxidation sites excluding steroid dienone is 1. The smallest absolute Gasteiger partial charge is 0.155 e. The summed E-state index contributed by atoms with van der Waals surface area (Å²) in [5.74, 6) is 3.08. The van der Waals surface area contributed by atoms with Gasteiger partial charge in [0, 0.05) is 12.3 Å². The Morgan fingerprint density at radius 1 is 1.12 bits per heavy atom. The molecule has 3 fully saturated rings. The van der Waals surface area contributed by atoms with Crippen LogP contribution in [-0.4, -0.2) is 16.7 Å². The Hall–Kier alpha value is -1.12. The molecule has 0 spiro atoms. The molecule has 6 atom stereocenters. The van der Waals surface area contributed by atoms with Crippen LogP contribution in [0.4, 0.5) is 0 Å². The summed E-state index contributed by atoms with van der Waals surface area (Å²) in [6, 6.07) is 0. The van der Waals surface area contributed by atoms with Crippen LogP contribution in [0.5, 0.6) is 0 Å². The van der Waals surface area contributed by atoms with E-state index in [-0.39, 0.29) is 5.41 Å². The van der Waals surface area contributed by atoms with Crippen molar-refractivity contribution >= 4 is 11.5 Å². The van der Waals surface area contributed by atoms with Gasteiger partial charge in [0.15, 0.2) is 5.78 Å². The molecule has 4 rings (SSSR count). The van der Waals surface area contributed by atoms with Gasteiger partial charge in [0.2, 0.25) is 0 Å². The summed E-state index contributed by atoms with van der Waals surface area (Å²) in [6.45, 7) is 6.90. The number of carbonyl (C=O) groups is 1. The van der Waals surface area contributed by atoms with Gasteiger partial charge in [-0.2, -0.15) is 0 Å². The summed E-state index contributed by atoms with van der Waals surface area (Å²) in [7, 11) is 0. The summed E-state index contributed by atoms with van der Waals surface area (Å²) in [5.41, 5.74) is 2.95. The van der Waals surface area contributed by atoms with E-state index in [4.69, 9.17) is 0 Å². The minimum absolute atomic E-state index is 0.260. The zero-order valence-corrected chi connectivity index (χ0v) is 15.3. The average Bonchev–Trinajstić information content (AvgIpc) is 2.92. The number of hydrogen-bond donors (Lipinski definition) is 1. The Balaban J connectivity index is 1.66. The zero-order chi connectivity index (χ0) is 17.1. The van der Waals surface area contributed by atoms with Crippen LogP contribution in [0.1, 0.15) is 72.1 Å². The predicted octanol–water partition coefficient (Wildman–Crippen LogP) is 4.98. The average molecular weight is 329 g/mol. The molecule has 132 valence electrons. The lowest BCUT2D eigenvalue weighted by Gasteiger charge is -2.58. The largest absolute Gasteiger partial charge is 0.411 e. The normalized spacial score (nSPS) is 48.4. The van der Waals surface area contributed by atoms with Gasteiger partial charge in [-0.3, -0.25) is 4.79 Å². The van der Waals surface area contributed by atoms with E-state index in [2.05, 4.69) is 19.0 Å². The molecule has 0 bridgehead atoms. The SMILES string of the molecule is C/C(=N\O)C1CCC2C3CCC4=CC(=O)CCC4(C)C3CCC12C. The summed E-state index contributed by atoms with van der Waals surface area (Å²) in [4.78, 5) is 11.9. The van der Waals surface area contributed by atoms with Crippen LogP contribution in [0.3, 0.4) is 0 Å². The molecule has 24 heavy (non-hydrogen) atoms. The van der Waals surface area contributed by atoms with Gasteiger partial charge in [-0.25, -0.2) is 0 Å². The molecule has 6 unspecified atom stereocenters. The van der Waals surface area contributed by atoms with E-state index in [1.54, 1.807) is 0 Å².